The fraction of sp³-hybridized carbons (Fsp3) is 0.200. The van der Waals surface area contributed by atoms with Crippen molar-refractivity contribution in [2.45, 2.75) is 13.0 Å². The zero-order valence-electron chi connectivity index (χ0n) is 10.2. The highest BCUT2D eigenvalue weighted by Gasteiger charge is 2.08. The van der Waals surface area contributed by atoms with E-state index in [1.165, 1.54) is 0 Å². The molecule has 18 heavy (non-hydrogen) atoms. The van der Waals surface area contributed by atoms with Gasteiger partial charge in [-0.25, -0.2) is 0 Å². The molecule has 3 heteroatoms. The first-order chi connectivity index (χ1) is 8.66. The van der Waals surface area contributed by atoms with Crippen molar-refractivity contribution in [3.8, 4) is 0 Å². The van der Waals surface area contributed by atoms with Crippen LogP contribution in [-0.2, 0) is 0 Å². The summed E-state index contributed by atoms with van der Waals surface area (Å²) in [6, 6.07) is 15.3. The molecule has 2 aromatic rings. The Morgan fingerprint density at radius 1 is 1.17 bits per heavy atom. The lowest BCUT2D eigenvalue weighted by molar-refractivity contribution is 0.191. The minimum absolute atomic E-state index is 0.463. The molecule has 0 amide bonds. The molecule has 2 rings (SSSR count). The second-order valence-electron chi connectivity index (χ2n) is 4.27. The first kappa shape index (κ1) is 12.9. The van der Waals surface area contributed by atoms with Crippen LogP contribution in [0.25, 0.3) is 0 Å². The minimum atomic E-state index is -0.566. The third-order valence-electron chi connectivity index (χ3n) is 2.86. The Labute approximate surface area is 112 Å². The van der Waals surface area contributed by atoms with E-state index in [2.05, 4.69) is 5.32 Å². The number of rotatable bonds is 4. The second kappa shape index (κ2) is 5.89. The van der Waals surface area contributed by atoms with Crippen molar-refractivity contribution in [3.05, 3.63) is 64.7 Å². The second-order valence-corrected chi connectivity index (χ2v) is 4.70. The van der Waals surface area contributed by atoms with Gasteiger partial charge in [-0.05, 0) is 36.2 Å². The standard InChI is InChI=1S/C15H16ClNO/c1-11-5-2-3-8-14(11)17-10-15(18)12-6-4-7-13(16)9-12/h2-9,15,17-18H,10H2,1H3. The van der Waals surface area contributed by atoms with Gasteiger partial charge >= 0.3 is 0 Å². The van der Waals surface area contributed by atoms with E-state index in [4.69, 9.17) is 11.6 Å². The molecule has 0 aliphatic carbocycles. The molecule has 2 aromatic carbocycles. The fourth-order valence-corrected chi connectivity index (χ4v) is 2.01. The van der Waals surface area contributed by atoms with Crippen LogP contribution in [0.2, 0.25) is 5.02 Å². The number of anilines is 1. The van der Waals surface area contributed by atoms with Gasteiger partial charge in [0.2, 0.25) is 0 Å². The van der Waals surface area contributed by atoms with Gasteiger partial charge in [-0.15, -0.1) is 0 Å². The lowest BCUT2D eigenvalue weighted by Crippen LogP contribution is -2.12. The molecule has 0 aromatic heterocycles. The van der Waals surface area contributed by atoms with Crippen molar-refractivity contribution in [3.63, 3.8) is 0 Å². The Bertz CT molecular complexity index is 527. The molecule has 0 aliphatic heterocycles. The number of aliphatic hydroxyl groups excluding tert-OH is 1. The molecule has 0 heterocycles. The molecule has 2 nitrogen and oxygen atoms in total. The lowest BCUT2D eigenvalue weighted by Gasteiger charge is -2.14. The van der Waals surface area contributed by atoms with E-state index in [-0.39, 0.29) is 0 Å². The van der Waals surface area contributed by atoms with Gasteiger partial charge < -0.3 is 10.4 Å². The van der Waals surface area contributed by atoms with E-state index in [1.54, 1.807) is 12.1 Å². The molecule has 0 saturated heterocycles. The van der Waals surface area contributed by atoms with Crippen molar-refractivity contribution in [1.29, 1.82) is 0 Å². The first-order valence-electron chi connectivity index (χ1n) is 5.90. The Balaban J connectivity index is 2.00. The van der Waals surface area contributed by atoms with Crippen LogP contribution >= 0.6 is 11.6 Å². The summed E-state index contributed by atoms with van der Waals surface area (Å²) in [5.74, 6) is 0. The lowest BCUT2D eigenvalue weighted by atomic mass is 10.1. The van der Waals surface area contributed by atoms with Gasteiger partial charge in [-0.1, -0.05) is 41.9 Å². The van der Waals surface area contributed by atoms with Crippen LogP contribution in [0.15, 0.2) is 48.5 Å². The number of nitrogens with one attached hydrogen (secondary N) is 1. The Kier molecular flexibility index (Phi) is 4.24. The molecular weight excluding hydrogens is 246 g/mol. The molecule has 1 unspecified atom stereocenters. The highest BCUT2D eigenvalue weighted by Crippen LogP contribution is 2.19. The Morgan fingerprint density at radius 3 is 2.67 bits per heavy atom. The van der Waals surface area contributed by atoms with E-state index in [0.29, 0.717) is 11.6 Å². The molecule has 0 bridgehead atoms. The fourth-order valence-electron chi connectivity index (χ4n) is 1.81. The van der Waals surface area contributed by atoms with Gasteiger partial charge in [0.1, 0.15) is 0 Å². The summed E-state index contributed by atoms with van der Waals surface area (Å²) in [6.07, 6.45) is -0.566. The zero-order chi connectivity index (χ0) is 13.0. The van der Waals surface area contributed by atoms with Crippen LogP contribution in [0.5, 0.6) is 0 Å². The van der Waals surface area contributed by atoms with Crippen molar-refractivity contribution in [1.82, 2.24) is 0 Å². The van der Waals surface area contributed by atoms with Crippen LogP contribution in [-0.4, -0.2) is 11.7 Å². The average molecular weight is 262 g/mol. The summed E-state index contributed by atoms with van der Waals surface area (Å²) in [5, 5.41) is 14.0. The normalized spacial score (nSPS) is 12.2. The zero-order valence-corrected chi connectivity index (χ0v) is 11.0. The average Bonchev–Trinajstić information content (AvgIpc) is 2.37. The van der Waals surface area contributed by atoms with Gasteiger partial charge in [0.05, 0.1) is 6.10 Å². The van der Waals surface area contributed by atoms with Crippen molar-refractivity contribution >= 4 is 17.3 Å². The van der Waals surface area contributed by atoms with E-state index >= 15 is 0 Å². The summed E-state index contributed by atoms with van der Waals surface area (Å²) in [7, 11) is 0. The number of benzene rings is 2. The third-order valence-corrected chi connectivity index (χ3v) is 3.10. The number of hydrogen-bond acceptors (Lipinski definition) is 2. The van der Waals surface area contributed by atoms with E-state index < -0.39 is 6.10 Å². The number of aryl methyl sites for hydroxylation is 1. The Morgan fingerprint density at radius 2 is 1.94 bits per heavy atom. The minimum Gasteiger partial charge on any atom is -0.387 e. The van der Waals surface area contributed by atoms with E-state index in [9.17, 15) is 5.11 Å². The highest BCUT2D eigenvalue weighted by molar-refractivity contribution is 6.30. The van der Waals surface area contributed by atoms with Crippen LogP contribution < -0.4 is 5.32 Å². The summed E-state index contributed by atoms with van der Waals surface area (Å²) < 4.78 is 0. The topological polar surface area (TPSA) is 32.3 Å². The van der Waals surface area contributed by atoms with E-state index in [0.717, 1.165) is 16.8 Å². The molecule has 0 aliphatic rings. The molecule has 0 fully saturated rings. The number of para-hydroxylation sites is 1. The monoisotopic (exact) mass is 261 g/mol. The maximum atomic E-state index is 10.1. The predicted molar refractivity (Wildman–Crippen MR) is 76.1 cm³/mol. The van der Waals surface area contributed by atoms with Crippen LogP contribution in [0.1, 0.15) is 17.2 Å². The molecular formula is C15H16ClNO. The molecule has 0 saturated carbocycles. The van der Waals surface area contributed by atoms with Crippen LogP contribution in [0.3, 0.4) is 0 Å². The van der Waals surface area contributed by atoms with Gasteiger partial charge in [0.25, 0.3) is 0 Å². The number of aliphatic hydroxyl groups is 1. The van der Waals surface area contributed by atoms with Gasteiger partial charge in [-0.2, -0.15) is 0 Å². The van der Waals surface area contributed by atoms with Gasteiger partial charge in [0.15, 0.2) is 0 Å². The SMILES string of the molecule is Cc1ccccc1NCC(O)c1cccc(Cl)c1. The molecule has 94 valence electrons. The van der Waals surface area contributed by atoms with Gasteiger partial charge in [0, 0.05) is 17.3 Å². The maximum absolute atomic E-state index is 10.1. The highest BCUT2D eigenvalue weighted by atomic mass is 35.5. The van der Waals surface area contributed by atoms with Gasteiger partial charge in [-0.3, -0.25) is 0 Å². The quantitative estimate of drug-likeness (QED) is 0.878. The number of hydrogen-bond donors (Lipinski definition) is 2. The Hall–Kier alpha value is -1.51. The molecule has 2 N–H and O–H groups in total. The summed E-state index contributed by atoms with van der Waals surface area (Å²) >= 11 is 5.90. The molecule has 0 spiro atoms. The summed E-state index contributed by atoms with van der Waals surface area (Å²) in [4.78, 5) is 0. The van der Waals surface area contributed by atoms with Crippen LogP contribution in [0.4, 0.5) is 5.69 Å². The summed E-state index contributed by atoms with van der Waals surface area (Å²) in [5.41, 5.74) is 3.03. The molecule has 0 radical (unpaired) electrons. The van der Waals surface area contributed by atoms with Crippen molar-refractivity contribution in [2.75, 3.05) is 11.9 Å². The smallest absolute Gasteiger partial charge is 0.0962 e. The van der Waals surface area contributed by atoms with Crippen molar-refractivity contribution < 1.29 is 5.11 Å². The third kappa shape index (κ3) is 3.25. The predicted octanol–water partition coefficient (Wildman–Crippen LogP) is 3.79. The van der Waals surface area contributed by atoms with Crippen LogP contribution in [0, 0.1) is 6.92 Å². The number of halogens is 1. The first-order valence-corrected chi connectivity index (χ1v) is 6.27. The van der Waals surface area contributed by atoms with Crippen molar-refractivity contribution in [2.24, 2.45) is 0 Å². The largest absolute Gasteiger partial charge is 0.387 e. The summed E-state index contributed by atoms with van der Waals surface area (Å²) in [6.45, 7) is 2.50. The van der Waals surface area contributed by atoms with E-state index in [1.807, 2.05) is 43.3 Å². The molecule has 1 atom stereocenters. The maximum Gasteiger partial charge on any atom is 0.0962 e.